The first-order valence-electron chi connectivity index (χ1n) is 3.19. The second-order valence-corrected chi connectivity index (χ2v) is 2.63. The maximum absolute atomic E-state index is 12.5. The van der Waals surface area contributed by atoms with Gasteiger partial charge in [-0.25, -0.2) is 4.39 Å². The predicted molar refractivity (Wildman–Crippen MR) is 46.6 cm³/mol. The Balaban J connectivity index is 2.69. The van der Waals surface area contributed by atoms with Crippen molar-refractivity contribution in [3.8, 4) is 0 Å². The molecular weight excluding hydrogens is 227 g/mol. The molecule has 1 aromatic rings. The Hall–Kier alpha value is -0.970. The third-order valence-corrected chi connectivity index (χ3v) is 1.62. The largest absolute Gasteiger partial charge is 0.324 e. The fraction of sp³-hybridized carbons (Fsp3) is 0.143. The van der Waals surface area contributed by atoms with Gasteiger partial charge in [0.25, 0.3) is 0 Å². The van der Waals surface area contributed by atoms with Gasteiger partial charge in [0.15, 0.2) is 0 Å². The number of pyridine rings is 1. The van der Waals surface area contributed by atoms with Crippen LogP contribution in [0.15, 0.2) is 18.5 Å². The van der Waals surface area contributed by atoms with Crippen LogP contribution in [0.1, 0.15) is 0 Å². The van der Waals surface area contributed by atoms with Crippen molar-refractivity contribution < 1.29 is 9.18 Å². The molecule has 5 heteroatoms. The standard InChI is InChI=1S/C7H6BrFN2O/c8-2-7(12)11-6-1-5(9)3-10-4-6/h1,3-4H,2H2,(H,11,12). The van der Waals surface area contributed by atoms with Gasteiger partial charge in [0.1, 0.15) is 5.82 Å². The summed E-state index contributed by atoms with van der Waals surface area (Å²) < 4.78 is 12.5. The number of amides is 1. The molecule has 0 saturated heterocycles. The zero-order valence-electron chi connectivity index (χ0n) is 6.05. The highest BCUT2D eigenvalue weighted by Gasteiger charge is 2.00. The lowest BCUT2D eigenvalue weighted by molar-refractivity contribution is -0.113. The van der Waals surface area contributed by atoms with Crippen molar-refractivity contribution in [3.05, 3.63) is 24.3 Å². The second kappa shape index (κ2) is 4.15. The lowest BCUT2D eigenvalue weighted by atomic mass is 10.4. The minimum Gasteiger partial charge on any atom is -0.324 e. The molecule has 0 aliphatic rings. The van der Waals surface area contributed by atoms with E-state index in [-0.39, 0.29) is 11.2 Å². The molecule has 12 heavy (non-hydrogen) atoms. The quantitative estimate of drug-likeness (QED) is 0.787. The SMILES string of the molecule is O=C(CBr)Nc1cncc(F)c1. The normalized spacial score (nSPS) is 9.50. The van der Waals surface area contributed by atoms with Gasteiger partial charge < -0.3 is 5.32 Å². The highest BCUT2D eigenvalue weighted by atomic mass is 79.9. The van der Waals surface area contributed by atoms with E-state index in [0.717, 1.165) is 6.20 Å². The van der Waals surface area contributed by atoms with E-state index < -0.39 is 5.82 Å². The number of carbonyl (C=O) groups excluding carboxylic acids is 1. The number of nitrogens with zero attached hydrogens (tertiary/aromatic N) is 1. The predicted octanol–water partition coefficient (Wildman–Crippen LogP) is 1.55. The second-order valence-electron chi connectivity index (χ2n) is 2.07. The van der Waals surface area contributed by atoms with Crippen LogP contribution in [0.4, 0.5) is 10.1 Å². The first-order chi connectivity index (χ1) is 5.72. The lowest BCUT2D eigenvalue weighted by Crippen LogP contribution is -2.12. The van der Waals surface area contributed by atoms with E-state index >= 15 is 0 Å². The highest BCUT2D eigenvalue weighted by Crippen LogP contribution is 2.06. The summed E-state index contributed by atoms with van der Waals surface area (Å²) >= 11 is 2.96. The molecule has 1 heterocycles. The van der Waals surface area contributed by atoms with Crippen molar-refractivity contribution in [2.24, 2.45) is 0 Å². The smallest absolute Gasteiger partial charge is 0.235 e. The summed E-state index contributed by atoms with van der Waals surface area (Å²) in [5.41, 5.74) is 0.361. The van der Waals surface area contributed by atoms with Crippen molar-refractivity contribution in [2.75, 3.05) is 10.6 Å². The average Bonchev–Trinajstić information content (AvgIpc) is 2.04. The molecule has 0 aliphatic heterocycles. The Morgan fingerprint density at radius 3 is 3.00 bits per heavy atom. The van der Waals surface area contributed by atoms with Gasteiger partial charge in [-0.15, -0.1) is 0 Å². The van der Waals surface area contributed by atoms with Crippen LogP contribution < -0.4 is 5.32 Å². The summed E-state index contributed by atoms with van der Waals surface area (Å²) in [5.74, 6) is -0.704. The van der Waals surface area contributed by atoms with E-state index in [1.54, 1.807) is 0 Å². The molecule has 3 nitrogen and oxygen atoms in total. The average molecular weight is 233 g/mol. The fourth-order valence-electron chi connectivity index (χ4n) is 0.675. The number of alkyl halides is 1. The molecule has 0 aromatic carbocycles. The number of halogens is 2. The summed E-state index contributed by atoms with van der Waals surface area (Å²) in [6.45, 7) is 0. The zero-order valence-corrected chi connectivity index (χ0v) is 7.64. The van der Waals surface area contributed by atoms with Crippen molar-refractivity contribution in [3.63, 3.8) is 0 Å². The van der Waals surface area contributed by atoms with Crippen molar-refractivity contribution >= 4 is 27.5 Å². The molecule has 1 aromatic heterocycles. The third kappa shape index (κ3) is 2.58. The summed E-state index contributed by atoms with van der Waals surface area (Å²) in [6, 6.07) is 1.20. The van der Waals surface area contributed by atoms with E-state index in [4.69, 9.17) is 0 Å². The molecule has 0 saturated carbocycles. The minimum atomic E-state index is -0.470. The van der Waals surface area contributed by atoms with E-state index in [9.17, 15) is 9.18 Å². The maximum Gasteiger partial charge on any atom is 0.235 e. The van der Waals surface area contributed by atoms with Crippen LogP contribution >= 0.6 is 15.9 Å². The fourth-order valence-corrected chi connectivity index (χ4v) is 0.815. The van der Waals surface area contributed by atoms with Gasteiger partial charge in [-0.2, -0.15) is 0 Å². The molecule has 0 atom stereocenters. The highest BCUT2D eigenvalue weighted by molar-refractivity contribution is 9.09. The first-order valence-corrected chi connectivity index (χ1v) is 4.31. The number of hydrogen-bond acceptors (Lipinski definition) is 2. The molecule has 1 N–H and O–H groups in total. The molecule has 0 aliphatic carbocycles. The van der Waals surface area contributed by atoms with Crippen LogP contribution in [0.2, 0.25) is 0 Å². The Morgan fingerprint density at radius 2 is 2.42 bits per heavy atom. The number of nitrogens with one attached hydrogen (secondary N) is 1. The van der Waals surface area contributed by atoms with E-state index in [0.29, 0.717) is 5.69 Å². The van der Waals surface area contributed by atoms with Gasteiger partial charge in [0.2, 0.25) is 5.91 Å². The van der Waals surface area contributed by atoms with Gasteiger partial charge in [0.05, 0.1) is 23.4 Å². The molecule has 1 amide bonds. The molecule has 0 bridgehead atoms. The molecule has 64 valence electrons. The van der Waals surface area contributed by atoms with Gasteiger partial charge in [0, 0.05) is 6.07 Å². The Labute approximate surface area is 77.1 Å². The summed E-state index contributed by atoms with van der Waals surface area (Å²) in [6.07, 6.45) is 2.45. The van der Waals surface area contributed by atoms with Crippen molar-refractivity contribution in [2.45, 2.75) is 0 Å². The third-order valence-electron chi connectivity index (χ3n) is 1.11. The van der Waals surface area contributed by atoms with E-state index in [2.05, 4.69) is 26.2 Å². The van der Waals surface area contributed by atoms with Crippen LogP contribution in [0.3, 0.4) is 0 Å². The summed E-state index contributed by atoms with van der Waals surface area (Å²) in [4.78, 5) is 14.4. The molecular formula is C7H6BrFN2O. The Bertz CT molecular complexity index is 292. The van der Waals surface area contributed by atoms with Crippen molar-refractivity contribution in [1.29, 1.82) is 0 Å². The first kappa shape index (κ1) is 9.12. The molecule has 0 fully saturated rings. The van der Waals surface area contributed by atoms with Crippen LogP contribution in [-0.2, 0) is 4.79 Å². The molecule has 0 spiro atoms. The van der Waals surface area contributed by atoms with Crippen LogP contribution in [0, 0.1) is 5.82 Å². The monoisotopic (exact) mass is 232 g/mol. The molecule has 1 rings (SSSR count). The summed E-state index contributed by atoms with van der Waals surface area (Å²) in [5, 5.41) is 2.63. The van der Waals surface area contributed by atoms with Crippen LogP contribution in [-0.4, -0.2) is 16.2 Å². The lowest BCUT2D eigenvalue weighted by Gasteiger charge is -2.00. The van der Waals surface area contributed by atoms with Gasteiger partial charge in [-0.1, -0.05) is 15.9 Å². The number of rotatable bonds is 2. The Kier molecular flexibility index (Phi) is 3.16. The van der Waals surface area contributed by atoms with Gasteiger partial charge in [-0.3, -0.25) is 9.78 Å². The maximum atomic E-state index is 12.5. The van der Waals surface area contributed by atoms with Crippen LogP contribution in [0.5, 0.6) is 0 Å². The van der Waals surface area contributed by atoms with Crippen molar-refractivity contribution in [1.82, 2.24) is 4.98 Å². The number of carbonyl (C=O) groups is 1. The topological polar surface area (TPSA) is 42.0 Å². The van der Waals surface area contributed by atoms with Crippen LogP contribution in [0.25, 0.3) is 0 Å². The number of anilines is 1. The van der Waals surface area contributed by atoms with E-state index in [1.165, 1.54) is 12.3 Å². The van der Waals surface area contributed by atoms with Gasteiger partial charge in [-0.05, 0) is 0 Å². The number of hydrogen-bond donors (Lipinski definition) is 1. The summed E-state index contributed by atoms with van der Waals surface area (Å²) in [7, 11) is 0. The number of aromatic nitrogens is 1. The molecule has 0 radical (unpaired) electrons. The minimum absolute atomic E-state index is 0.184. The zero-order chi connectivity index (χ0) is 8.97. The molecule has 0 unspecified atom stereocenters. The Morgan fingerprint density at radius 1 is 1.67 bits per heavy atom. The van der Waals surface area contributed by atoms with Gasteiger partial charge >= 0.3 is 0 Å². The van der Waals surface area contributed by atoms with E-state index in [1.807, 2.05) is 0 Å².